The molecular formula is C5H5F7O. The molecule has 80 valence electrons. The Morgan fingerprint density at radius 2 is 1.46 bits per heavy atom. The summed E-state index contributed by atoms with van der Waals surface area (Å²) in [5, 5.41) is 0. The predicted octanol–water partition coefficient (Wildman–Crippen LogP) is 2.47. The molecule has 0 aliphatic rings. The number of halogens is 7. The fraction of sp³-hybridized carbons (Fsp3) is 1.00. The maximum absolute atomic E-state index is 12.1. The Hall–Kier alpha value is -0.530. The molecule has 0 fully saturated rings. The fourth-order valence-electron chi connectivity index (χ4n) is 0.589. The molecule has 1 nitrogen and oxygen atoms in total. The molecule has 0 aromatic rings. The van der Waals surface area contributed by atoms with Crippen LogP contribution in [0.3, 0.4) is 0 Å². The first-order valence-corrected chi connectivity index (χ1v) is 2.93. The van der Waals surface area contributed by atoms with Crippen LogP contribution < -0.4 is 0 Å². The lowest BCUT2D eigenvalue weighted by molar-refractivity contribution is -0.294. The number of hydrogen-bond acceptors (Lipinski definition) is 1. The standard InChI is InChI=1S/C5H5F7O/c6-1-4(8,9)3(13-2-7)5(10,11)12/h3H,1-2H2. The molecule has 0 aliphatic carbocycles. The fourth-order valence-corrected chi connectivity index (χ4v) is 0.589. The molecule has 0 N–H and O–H groups in total. The van der Waals surface area contributed by atoms with Crippen molar-refractivity contribution in [3.8, 4) is 0 Å². The van der Waals surface area contributed by atoms with Crippen LogP contribution >= 0.6 is 0 Å². The summed E-state index contributed by atoms with van der Waals surface area (Å²) in [5.74, 6) is -4.76. The molecule has 8 heteroatoms. The molecule has 0 radical (unpaired) electrons. The zero-order valence-electron chi connectivity index (χ0n) is 6.05. The molecule has 1 unspecified atom stereocenters. The summed E-state index contributed by atoms with van der Waals surface area (Å²) in [6, 6.07) is 0. The normalized spacial score (nSPS) is 15.9. The summed E-state index contributed by atoms with van der Waals surface area (Å²) in [7, 11) is 0. The average molecular weight is 214 g/mol. The Balaban J connectivity index is 4.60. The lowest BCUT2D eigenvalue weighted by Gasteiger charge is -2.25. The second-order valence-electron chi connectivity index (χ2n) is 2.09. The third kappa shape index (κ3) is 3.37. The van der Waals surface area contributed by atoms with E-state index in [-0.39, 0.29) is 0 Å². The van der Waals surface area contributed by atoms with E-state index in [1.807, 2.05) is 0 Å². The van der Waals surface area contributed by atoms with Gasteiger partial charge in [0.05, 0.1) is 0 Å². The van der Waals surface area contributed by atoms with Crippen LogP contribution in [0.1, 0.15) is 0 Å². The largest absolute Gasteiger partial charge is 0.420 e. The quantitative estimate of drug-likeness (QED) is 0.653. The van der Waals surface area contributed by atoms with Crippen LogP contribution in [0, 0.1) is 0 Å². The van der Waals surface area contributed by atoms with E-state index in [2.05, 4.69) is 4.74 Å². The van der Waals surface area contributed by atoms with Crippen molar-refractivity contribution in [1.82, 2.24) is 0 Å². The Bertz CT molecular complexity index is 153. The summed E-state index contributed by atoms with van der Waals surface area (Å²) in [6.45, 7) is -4.61. The Labute approximate surface area is 68.5 Å². The van der Waals surface area contributed by atoms with Crippen molar-refractivity contribution in [1.29, 1.82) is 0 Å². The van der Waals surface area contributed by atoms with E-state index in [9.17, 15) is 30.7 Å². The monoisotopic (exact) mass is 214 g/mol. The summed E-state index contributed by atoms with van der Waals surface area (Å²) in [6.07, 6.45) is -9.24. The smallest absolute Gasteiger partial charge is 0.331 e. The van der Waals surface area contributed by atoms with Crippen molar-refractivity contribution in [2.75, 3.05) is 13.5 Å². The van der Waals surface area contributed by atoms with Crippen LogP contribution in [-0.4, -0.2) is 31.7 Å². The number of alkyl halides is 7. The van der Waals surface area contributed by atoms with Crippen LogP contribution in [0.2, 0.25) is 0 Å². The lowest BCUT2D eigenvalue weighted by atomic mass is 10.2. The molecule has 0 aromatic heterocycles. The number of ether oxygens (including phenoxy) is 1. The van der Waals surface area contributed by atoms with Crippen molar-refractivity contribution >= 4 is 0 Å². The first kappa shape index (κ1) is 12.5. The van der Waals surface area contributed by atoms with Crippen molar-refractivity contribution in [3.63, 3.8) is 0 Å². The van der Waals surface area contributed by atoms with Crippen LogP contribution in [-0.2, 0) is 4.74 Å². The first-order chi connectivity index (χ1) is 5.75. The summed E-state index contributed by atoms with van der Waals surface area (Å²) >= 11 is 0. The van der Waals surface area contributed by atoms with Gasteiger partial charge in [0.15, 0.2) is 13.5 Å². The van der Waals surface area contributed by atoms with Gasteiger partial charge in [0, 0.05) is 0 Å². The van der Waals surface area contributed by atoms with E-state index >= 15 is 0 Å². The summed E-state index contributed by atoms with van der Waals surface area (Å²) in [4.78, 5) is 0. The molecular weight excluding hydrogens is 209 g/mol. The van der Waals surface area contributed by atoms with E-state index in [1.165, 1.54) is 0 Å². The Morgan fingerprint density at radius 1 is 1.00 bits per heavy atom. The second-order valence-corrected chi connectivity index (χ2v) is 2.09. The second kappa shape index (κ2) is 4.12. The van der Waals surface area contributed by atoms with Crippen LogP contribution in [0.15, 0.2) is 0 Å². The minimum Gasteiger partial charge on any atom is -0.331 e. The molecule has 0 saturated heterocycles. The molecule has 0 spiro atoms. The molecule has 0 aliphatic heterocycles. The zero-order valence-corrected chi connectivity index (χ0v) is 6.05. The number of hydrogen-bond donors (Lipinski definition) is 0. The highest BCUT2D eigenvalue weighted by Crippen LogP contribution is 2.34. The molecule has 0 bridgehead atoms. The van der Waals surface area contributed by atoms with E-state index < -0.39 is 31.7 Å². The molecule has 0 amide bonds. The zero-order chi connectivity index (χ0) is 10.7. The van der Waals surface area contributed by atoms with Gasteiger partial charge in [-0.2, -0.15) is 13.2 Å². The van der Waals surface area contributed by atoms with Crippen LogP contribution in [0.5, 0.6) is 0 Å². The maximum Gasteiger partial charge on any atom is 0.420 e. The highest BCUT2D eigenvalue weighted by atomic mass is 19.4. The Morgan fingerprint density at radius 3 is 1.69 bits per heavy atom. The SMILES string of the molecule is FCOC(C(F)(F)F)C(F)(F)CF. The topological polar surface area (TPSA) is 9.23 Å². The van der Waals surface area contributed by atoms with Gasteiger partial charge in [0.1, 0.15) is 0 Å². The van der Waals surface area contributed by atoms with E-state index in [4.69, 9.17) is 0 Å². The molecule has 13 heavy (non-hydrogen) atoms. The highest BCUT2D eigenvalue weighted by Gasteiger charge is 2.57. The van der Waals surface area contributed by atoms with Crippen molar-refractivity contribution in [3.05, 3.63) is 0 Å². The van der Waals surface area contributed by atoms with Crippen molar-refractivity contribution in [2.24, 2.45) is 0 Å². The summed E-state index contributed by atoms with van der Waals surface area (Å²) < 4.78 is 84.9. The van der Waals surface area contributed by atoms with Gasteiger partial charge in [0.2, 0.25) is 6.10 Å². The van der Waals surface area contributed by atoms with Gasteiger partial charge in [-0.15, -0.1) is 0 Å². The Kier molecular flexibility index (Phi) is 3.95. The van der Waals surface area contributed by atoms with E-state index in [0.717, 1.165) is 0 Å². The molecule has 1 atom stereocenters. The third-order valence-corrected chi connectivity index (χ3v) is 1.09. The molecule has 0 saturated carbocycles. The van der Waals surface area contributed by atoms with Gasteiger partial charge < -0.3 is 4.74 Å². The minimum atomic E-state index is -5.50. The van der Waals surface area contributed by atoms with Gasteiger partial charge in [-0.1, -0.05) is 0 Å². The van der Waals surface area contributed by atoms with Crippen molar-refractivity contribution in [2.45, 2.75) is 18.2 Å². The van der Waals surface area contributed by atoms with Crippen LogP contribution in [0.25, 0.3) is 0 Å². The van der Waals surface area contributed by atoms with Gasteiger partial charge in [-0.25, -0.2) is 17.6 Å². The number of rotatable bonds is 4. The average Bonchev–Trinajstić information content (AvgIpc) is 1.98. The van der Waals surface area contributed by atoms with Gasteiger partial charge in [-0.05, 0) is 0 Å². The third-order valence-electron chi connectivity index (χ3n) is 1.09. The van der Waals surface area contributed by atoms with Crippen molar-refractivity contribution < 1.29 is 35.5 Å². The molecule has 0 heterocycles. The van der Waals surface area contributed by atoms with E-state index in [0.29, 0.717) is 0 Å². The van der Waals surface area contributed by atoms with Gasteiger partial charge in [-0.3, -0.25) is 0 Å². The van der Waals surface area contributed by atoms with Gasteiger partial charge >= 0.3 is 12.1 Å². The molecule has 0 rings (SSSR count). The minimum absolute atomic E-state index is 2.06. The summed E-state index contributed by atoms with van der Waals surface area (Å²) in [5.41, 5.74) is 0. The predicted molar refractivity (Wildman–Crippen MR) is 27.8 cm³/mol. The highest BCUT2D eigenvalue weighted by molar-refractivity contribution is 4.83. The first-order valence-electron chi connectivity index (χ1n) is 2.93. The maximum atomic E-state index is 12.1. The molecule has 0 aromatic carbocycles. The van der Waals surface area contributed by atoms with Gasteiger partial charge in [0.25, 0.3) is 0 Å². The lowest BCUT2D eigenvalue weighted by Crippen LogP contribution is -2.48. The van der Waals surface area contributed by atoms with Crippen LogP contribution in [0.4, 0.5) is 30.7 Å². The van der Waals surface area contributed by atoms with E-state index in [1.54, 1.807) is 0 Å².